The fraction of sp³-hybridized carbons (Fsp3) is 0.227. The Morgan fingerprint density at radius 3 is 2.73 bits per heavy atom. The van der Waals surface area contributed by atoms with E-state index in [1.54, 1.807) is 11.7 Å². The van der Waals surface area contributed by atoms with Gasteiger partial charge in [-0.05, 0) is 37.1 Å². The molecule has 1 amide bonds. The van der Waals surface area contributed by atoms with Gasteiger partial charge in [0.25, 0.3) is 5.91 Å². The number of thiazole rings is 1. The quantitative estimate of drug-likeness (QED) is 0.528. The van der Waals surface area contributed by atoms with Crippen molar-refractivity contribution in [3.8, 4) is 5.13 Å². The predicted molar refractivity (Wildman–Crippen MR) is 121 cm³/mol. The lowest BCUT2D eigenvalue weighted by atomic mass is 10.0. The lowest BCUT2D eigenvalue weighted by Gasteiger charge is -2.33. The minimum Gasteiger partial charge on any atom is -0.370 e. The SMILES string of the molecule is NC1CCN(c2ccccc2NC(=O)c2csc(-n3cnc4ccccc43)n2)CC1. The van der Waals surface area contributed by atoms with Crippen molar-refractivity contribution in [3.05, 3.63) is 65.9 Å². The highest BCUT2D eigenvalue weighted by Gasteiger charge is 2.20. The number of aromatic nitrogens is 3. The molecule has 0 atom stereocenters. The summed E-state index contributed by atoms with van der Waals surface area (Å²) in [5.41, 5.74) is 10.1. The Labute approximate surface area is 178 Å². The van der Waals surface area contributed by atoms with E-state index < -0.39 is 0 Å². The summed E-state index contributed by atoms with van der Waals surface area (Å²) in [6, 6.07) is 16.0. The number of carbonyl (C=O) groups excluding carboxylic acids is 1. The second kappa shape index (κ2) is 7.89. The molecule has 1 aliphatic heterocycles. The van der Waals surface area contributed by atoms with E-state index in [2.05, 4.69) is 20.2 Å². The number of imidazole rings is 1. The van der Waals surface area contributed by atoms with Crippen LogP contribution in [0.25, 0.3) is 16.2 Å². The zero-order valence-electron chi connectivity index (χ0n) is 16.4. The van der Waals surface area contributed by atoms with Gasteiger partial charge in [0.05, 0.1) is 22.4 Å². The summed E-state index contributed by atoms with van der Waals surface area (Å²) < 4.78 is 1.90. The van der Waals surface area contributed by atoms with Gasteiger partial charge >= 0.3 is 0 Å². The Balaban J connectivity index is 1.37. The van der Waals surface area contributed by atoms with Crippen LogP contribution in [0.5, 0.6) is 0 Å². The summed E-state index contributed by atoms with van der Waals surface area (Å²) in [4.78, 5) is 24.1. The van der Waals surface area contributed by atoms with E-state index in [0.717, 1.165) is 48.3 Å². The van der Waals surface area contributed by atoms with Crippen LogP contribution in [-0.4, -0.2) is 39.6 Å². The molecular weight excluding hydrogens is 396 g/mol. The van der Waals surface area contributed by atoms with Gasteiger partial charge in [-0.25, -0.2) is 9.97 Å². The maximum atomic E-state index is 12.9. The number of anilines is 2. The van der Waals surface area contributed by atoms with Gasteiger partial charge in [-0.3, -0.25) is 9.36 Å². The summed E-state index contributed by atoms with van der Waals surface area (Å²) in [6.07, 6.45) is 3.65. The van der Waals surface area contributed by atoms with Crippen molar-refractivity contribution in [2.45, 2.75) is 18.9 Å². The van der Waals surface area contributed by atoms with E-state index in [1.807, 2.05) is 53.1 Å². The molecule has 3 heterocycles. The molecule has 8 heteroatoms. The number of piperidine rings is 1. The van der Waals surface area contributed by atoms with Gasteiger partial charge in [-0.2, -0.15) is 0 Å². The highest BCUT2D eigenvalue weighted by molar-refractivity contribution is 7.12. The molecule has 0 radical (unpaired) electrons. The number of nitrogens with two attached hydrogens (primary N) is 1. The maximum absolute atomic E-state index is 12.9. The van der Waals surface area contributed by atoms with E-state index in [4.69, 9.17) is 5.73 Å². The van der Waals surface area contributed by atoms with Gasteiger partial charge in [0, 0.05) is 24.5 Å². The number of hydrogen-bond donors (Lipinski definition) is 2. The minimum atomic E-state index is -0.219. The van der Waals surface area contributed by atoms with Gasteiger partial charge in [-0.15, -0.1) is 11.3 Å². The number of fused-ring (bicyclic) bond motifs is 1. The number of rotatable bonds is 4. The van der Waals surface area contributed by atoms with E-state index in [0.29, 0.717) is 10.8 Å². The molecule has 0 saturated carbocycles. The van der Waals surface area contributed by atoms with Gasteiger partial charge in [-0.1, -0.05) is 24.3 Å². The first-order chi connectivity index (χ1) is 14.7. The standard InChI is InChI=1S/C22H22N6OS/c23-15-9-11-27(12-10-15)19-7-3-2-6-17(19)25-21(29)18-13-30-22(26-18)28-14-24-16-5-1-4-8-20(16)28/h1-8,13-15H,9-12,23H2,(H,25,29). The van der Waals surface area contributed by atoms with Crippen molar-refractivity contribution in [2.75, 3.05) is 23.3 Å². The zero-order valence-corrected chi connectivity index (χ0v) is 17.2. The first-order valence-corrected chi connectivity index (χ1v) is 10.9. The van der Waals surface area contributed by atoms with Crippen LogP contribution in [0.1, 0.15) is 23.3 Å². The highest BCUT2D eigenvalue weighted by atomic mass is 32.1. The number of hydrogen-bond acceptors (Lipinski definition) is 6. The van der Waals surface area contributed by atoms with Crippen molar-refractivity contribution >= 4 is 39.7 Å². The van der Waals surface area contributed by atoms with E-state index >= 15 is 0 Å². The molecular formula is C22H22N6OS. The molecule has 1 aliphatic rings. The van der Waals surface area contributed by atoms with Crippen LogP contribution in [0.3, 0.4) is 0 Å². The number of para-hydroxylation sites is 4. The van der Waals surface area contributed by atoms with Crippen LogP contribution in [-0.2, 0) is 0 Å². The topological polar surface area (TPSA) is 89.1 Å². The normalized spacial score (nSPS) is 14.9. The molecule has 152 valence electrons. The van der Waals surface area contributed by atoms with E-state index in [-0.39, 0.29) is 11.9 Å². The Morgan fingerprint density at radius 2 is 1.87 bits per heavy atom. The molecule has 0 bridgehead atoms. The lowest BCUT2D eigenvalue weighted by Crippen LogP contribution is -2.40. The number of benzene rings is 2. The van der Waals surface area contributed by atoms with Crippen LogP contribution in [0.15, 0.2) is 60.2 Å². The molecule has 3 N–H and O–H groups in total. The number of amides is 1. The van der Waals surface area contributed by atoms with Crippen molar-refractivity contribution < 1.29 is 4.79 Å². The van der Waals surface area contributed by atoms with Crippen LogP contribution in [0.2, 0.25) is 0 Å². The first kappa shape index (κ1) is 18.8. The van der Waals surface area contributed by atoms with Gasteiger partial charge in [0.15, 0.2) is 5.13 Å². The fourth-order valence-corrected chi connectivity index (χ4v) is 4.56. The Kier molecular flexibility index (Phi) is 4.94. The third-order valence-electron chi connectivity index (χ3n) is 5.42. The van der Waals surface area contributed by atoms with Crippen molar-refractivity contribution in [2.24, 2.45) is 5.73 Å². The molecule has 0 spiro atoms. The maximum Gasteiger partial charge on any atom is 0.275 e. The smallest absolute Gasteiger partial charge is 0.275 e. The summed E-state index contributed by atoms with van der Waals surface area (Å²) in [7, 11) is 0. The second-order valence-electron chi connectivity index (χ2n) is 7.41. The Morgan fingerprint density at radius 1 is 1.10 bits per heavy atom. The molecule has 7 nitrogen and oxygen atoms in total. The van der Waals surface area contributed by atoms with Gasteiger partial charge in [0.2, 0.25) is 0 Å². The largest absolute Gasteiger partial charge is 0.370 e. The summed E-state index contributed by atoms with van der Waals surface area (Å²) in [5, 5.41) is 5.53. The van der Waals surface area contributed by atoms with Crippen LogP contribution < -0.4 is 16.0 Å². The Hall–Kier alpha value is -3.23. The van der Waals surface area contributed by atoms with Crippen molar-refractivity contribution in [1.82, 2.24) is 14.5 Å². The number of nitrogens with zero attached hydrogens (tertiary/aromatic N) is 4. The monoisotopic (exact) mass is 418 g/mol. The highest BCUT2D eigenvalue weighted by Crippen LogP contribution is 2.29. The van der Waals surface area contributed by atoms with Crippen molar-refractivity contribution in [1.29, 1.82) is 0 Å². The Bertz CT molecular complexity index is 1190. The minimum absolute atomic E-state index is 0.219. The average molecular weight is 419 g/mol. The average Bonchev–Trinajstić information content (AvgIpc) is 3.42. The molecule has 30 heavy (non-hydrogen) atoms. The third-order valence-corrected chi connectivity index (χ3v) is 6.26. The molecule has 5 rings (SSSR count). The zero-order chi connectivity index (χ0) is 20.5. The molecule has 2 aromatic carbocycles. The van der Waals surface area contributed by atoms with E-state index in [9.17, 15) is 4.79 Å². The van der Waals surface area contributed by atoms with Crippen LogP contribution in [0, 0.1) is 0 Å². The van der Waals surface area contributed by atoms with Gasteiger partial charge in [0.1, 0.15) is 12.0 Å². The fourth-order valence-electron chi connectivity index (χ4n) is 3.77. The molecule has 4 aromatic rings. The summed E-state index contributed by atoms with van der Waals surface area (Å²) >= 11 is 1.42. The molecule has 1 fully saturated rings. The third kappa shape index (κ3) is 3.55. The number of nitrogens with one attached hydrogen (secondary N) is 1. The number of carbonyl (C=O) groups is 1. The summed E-state index contributed by atoms with van der Waals surface area (Å²) in [5.74, 6) is -0.219. The second-order valence-corrected chi connectivity index (χ2v) is 8.25. The van der Waals surface area contributed by atoms with Gasteiger partial charge < -0.3 is 16.0 Å². The molecule has 0 unspecified atom stereocenters. The lowest BCUT2D eigenvalue weighted by molar-refractivity contribution is 0.102. The molecule has 1 saturated heterocycles. The van der Waals surface area contributed by atoms with Crippen LogP contribution >= 0.6 is 11.3 Å². The first-order valence-electron chi connectivity index (χ1n) is 9.98. The molecule has 2 aromatic heterocycles. The predicted octanol–water partition coefficient (Wildman–Crippen LogP) is 3.66. The van der Waals surface area contributed by atoms with Crippen LogP contribution in [0.4, 0.5) is 11.4 Å². The summed E-state index contributed by atoms with van der Waals surface area (Å²) in [6.45, 7) is 1.78. The van der Waals surface area contributed by atoms with E-state index in [1.165, 1.54) is 11.3 Å². The molecule has 0 aliphatic carbocycles. The van der Waals surface area contributed by atoms with Crippen molar-refractivity contribution in [3.63, 3.8) is 0 Å².